The molecule has 0 unspecified atom stereocenters. The molecule has 0 N–H and O–H groups in total. The van der Waals surface area contributed by atoms with Crippen LogP contribution < -0.4 is 4.90 Å². The number of benzene rings is 1. The summed E-state index contributed by atoms with van der Waals surface area (Å²) in [4.78, 5) is 16.4. The van der Waals surface area contributed by atoms with Crippen LogP contribution in [0.1, 0.15) is 17.0 Å². The molecule has 2 aromatic rings. The summed E-state index contributed by atoms with van der Waals surface area (Å²) >= 11 is 5.73. The van der Waals surface area contributed by atoms with Gasteiger partial charge in [0.1, 0.15) is 6.54 Å². The summed E-state index contributed by atoms with van der Waals surface area (Å²) in [6.45, 7) is 5.56. The van der Waals surface area contributed by atoms with Gasteiger partial charge in [-0.05, 0) is 25.5 Å². The third kappa shape index (κ3) is 4.05. The van der Waals surface area contributed by atoms with E-state index in [1.165, 1.54) is 12.5 Å². The highest BCUT2D eigenvalue weighted by Crippen LogP contribution is 2.35. The zero-order valence-electron chi connectivity index (χ0n) is 15.1. The number of nitrogens with zero attached hydrogens (tertiary/aromatic N) is 4. The van der Waals surface area contributed by atoms with Gasteiger partial charge in [0, 0.05) is 31.9 Å². The molecular weight excluding hydrogens is 381 g/mol. The van der Waals surface area contributed by atoms with Gasteiger partial charge in [0.05, 0.1) is 10.7 Å². The Hall–Kier alpha value is -2.22. The molecule has 27 heavy (non-hydrogen) atoms. The number of anilines is 1. The van der Waals surface area contributed by atoms with Crippen molar-refractivity contribution in [3.05, 3.63) is 46.2 Å². The van der Waals surface area contributed by atoms with Gasteiger partial charge < -0.3 is 9.80 Å². The number of para-hydroxylation sites is 1. The maximum absolute atomic E-state index is 12.9. The monoisotopic (exact) mass is 400 g/mol. The van der Waals surface area contributed by atoms with Crippen molar-refractivity contribution < 1.29 is 18.0 Å². The van der Waals surface area contributed by atoms with Gasteiger partial charge in [-0.3, -0.25) is 9.48 Å². The minimum atomic E-state index is -4.64. The van der Waals surface area contributed by atoms with Crippen molar-refractivity contribution in [2.24, 2.45) is 0 Å². The van der Waals surface area contributed by atoms with Gasteiger partial charge in [0.2, 0.25) is 5.91 Å². The van der Waals surface area contributed by atoms with Gasteiger partial charge in [-0.1, -0.05) is 29.8 Å². The van der Waals surface area contributed by atoms with Crippen LogP contribution in [0, 0.1) is 13.8 Å². The molecule has 1 fully saturated rings. The Morgan fingerprint density at radius 2 is 1.78 bits per heavy atom. The Morgan fingerprint density at radius 3 is 2.33 bits per heavy atom. The van der Waals surface area contributed by atoms with E-state index < -0.39 is 16.9 Å². The smallest absolute Gasteiger partial charge is 0.368 e. The second-order valence-electron chi connectivity index (χ2n) is 6.56. The summed E-state index contributed by atoms with van der Waals surface area (Å²) in [6.07, 6.45) is -4.64. The molecule has 1 saturated heterocycles. The molecule has 1 amide bonds. The number of halogens is 4. The minimum absolute atomic E-state index is 0.135. The van der Waals surface area contributed by atoms with E-state index in [0.29, 0.717) is 26.2 Å². The third-order valence-corrected chi connectivity index (χ3v) is 5.23. The summed E-state index contributed by atoms with van der Waals surface area (Å²) < 4.78 is 39.8. The Bertz CT molecular complexity index is 842. The van der Waals surface area contributed by atoms with E-state index in [1.54, 1.807) is 4.90 Å². The van der Waals surface area contributed by atoms with Gasteiger partial charge in [-0.2, -0.15) is 18.3 Å². The molecule has 5 nitrogen and oxygen atoms in total. The predicted octanol–water partition coefficient (Wildman–Crippen LogP) is 3.52. The van der Waals surface area contributed by atoms with Crippen LogP contribution in [0.4, 0.5) is 18.9 Å². The minimum Gasteiger partial charge on any atom is -0.368 e. The number of amides is 1. The highest BCUT2D eigenvalue weighted by molar-refractivity contribution is 6.32. The Kier molecular flexibility index (Phi) is 5.37. The zero-order chi connectivity index (χ0) is 19.8. The van der Waals surface area contributed by atoms with Crippen molar-refractivity contribution in [2.45, 2.75) is 26.6 Å². The third-order valence-electron chi connectivity index (χ3n) is 4.78. The van der Waals surface area contributed by atoms with Crippen LogP contribution in [0.15, 0.2) is 24.3 Å². The quantitative estimate of drug-likeness (QED) is 0.791. The summed E-state index contributed by atoms with van der Waals surface area (Å²) in [5.41, 5.74) is 1.28. The molecule has 1 aromatic carbocycles. The fourth-order valence-electron chi connectivity index (χ4n) is 3.20. The first-order valence-corrected chi connectivity index (χ1v) is 8.94. The second kappa shape index (κ2) is 7.42. The molecule has 2 heterocycles. The van der Waals surface area contributed by atoms with Crippen molar-refractivity contribution in [3.8, 4) is 0 Å². The molecular formula is C18H20ClF3N4O. The first kappa shape index (κ1) is 19.5. The molecule has 1 aromatic heterocycles. The van der Waals surface area contributed by atoms with E-state index in [0.717, 1.165) is 10.4 Å². The number of alkyl halides is 3. The SMILES string of the molecule is Cc1ccccc1N1CCN(C(=O)Cn2nc(C(F)(F)F)c(Cl)c2C)CC1. The number of hydrogen-bond donors (Lipinski definition) is 0. The molecule has 1 aliphatic rings. The molecule has 0 saturated carbocycles. The number of hydrogen-bond acceptors (Lipinski definition) is 3. The van der Waals surface area contributed by atoms with Crippen LogP contribution in [0.5, 0.6) is 0 Å². The van der Waals surface area contributed by atoms with Crippen LogP contribution >= 0.6 is 11.6 Å². The molecule has 3 rings (SSSR count). The lowest BCUT2D eigenvalue weighted by molar-refractivity contribution is -0.142. The average molecular weight is 401 g/mol. The Labute approximate surface area is 160 Å². The maximum atomic E-state index is 12.9. The molecule has 0 atom stereocenters. The lowest BCUT2D eigenvalue weighted by atomic mass is 10.1. The first-order valence-electron chi connectivity index (χ1n) is 8.57. The predicted molar refractivity (Wildman–Crippen MR) is 96.9 cm³/mol. The maximum Gasteiger partial charge on any atom is 0.436 e. The Balaban J connectivity index is 1.65. The molecule has 0 spiro atoms. The summed E-state index contributed by atoms with van der Waals surface area (Å²) in [7, 11) is 0. The normalized spacial score (nSPS) is 15.3. The van der Waals surface area contributed by atoms with Gasteiger partial charge in [-0.15, -0.1) is 0 Å². The van der Waals surface area contributed by atoms with E-state index in [-0.39, 0.29) is 18.1 Å². The summed E-state index contributed by atoms with van der Waals surface area (Å²) in [5, 5.41) is 3.03. The fraction of sp³-hybridized carbons (Fsp3) is 0.444. The fourth-order valence-corrected chi connectivity index (χ4v) is 3.44. The topological polar surface area (TPSA) is 41.4 Å². The van der Waals surface area contributed by atoms with Gasteiger partial charge in [0.25, 0.3) is 0 Å². The highest BCUT2D eigenvalue weighted by atomic mass is 35.5. The van der Waals surface area contributed by atoms with Crippen LogP contribution in [0.3, 0.4) is 0 Å². The number of aromatic nitrogens is 2. The average Bonchev–Trinajstić information content (AvgIpc) is 2.91. The van der Waals surface area contributed by atoms with Crippen LogP contribution in [-0.2, 0) is 17.5 Å². The van der Waals surface area contributed by atoms with Crippen LogP contribution in [-0.4, -0.2) is 46.8 Å². The van der Waals surface area contributed by atoms with Crippen molar-refractivity contribution >= 4 is 23.2 Å². The summed E-state index contributed by atoms with van der Waals surface area (Å²) in [6, 6.07) is 8.03. The van der Waals surface area contributed by atoms with E-state index >= 15 is 0 Å². The number of piperazine rings is 1. The van der Waals surface area contributed by atoms with Crippen LogP contribution in [0.25, 0.3) is 0 Å². The number of rotatable bonds is 3. The second-order valence-corrected chi connectivity index (χ2v) is 6.94. The van der Waals surface area contributed by atoms with E-state index in [1.807, 2.05) is 31.2 Å². The molecule has 0 radical (unpaired) electrons. The van der Waals surface area contributed by atoms with Gasteiger partial charge in [-0.25, -0.2) is 0 Å². The van der Waals surface area contributed by atoms with E-state index in [9.17, 15) is 18.0 Å². The Morgan fingerprint density at radius 1 is 1.15 bits per heavy atom. The lowest BCUT2D eigenvalue weighted by Crippen LogP contribution is -2.49. The van der Waals surface area contributed by atoms with Crippen LogP contribution in [0.2, 0.25) is 5.02 Å². The van der Waals surface area contributed by atoms with Crippen molar-refractivity contribution in [2.75, 3.05) is 31.1 Å². The molecule has 0 aliphatic carbocycles. The number of carbonyl (C=O) groups is 1. The number of carbonyl (C=O) groups excluding carboxylic acids is 1. The molecule has 9 heteroatoms. The van der Waals surface area contributed by atoms with Gasteiger partial charge >= 0.3 is 6.18 Å². The van der Waals surface area contributed by atoms with E-state index in [4.69, 9.17) is 11.6 Å². The summed E-state index contributed by atoms with van der Waals surface area (Å²) in [5.74, 6) is -0.268. The lowest BCUT2D eigenvalue weighted by Gasteiger charge is -2.36. The highest BCUT2D eigenvalue weighted by Gasteiger charge is 2.38. The number of aryl methyl sites for hydroxylation is 1. The molecule has 1 aliphatic heterocycles. The molecule has 0 bridgehead atoms. The van der Waals surface area contributed by atoms with Gasteiger partial charge in [0.15, 0.2) is 5.69 Å². The zero-order valence-corrected chi connectivity index (χ0v) is 15.8. The standard InChI is InChI=1S/C18H20ClF3N4O/c1-12-5-3-4-6-14(12)24-7-9-25(10-8-24)15(27)11-26-13(2)16(19)17(23-26)18(20,21)22/h3-6H,7-11H2,1-2H3. The van der Waals surface area contributed by atoms with Crippen molar-refractivity contribution in [1.82, 2.24) is 14.7 Å². The first-order chi connectivity index (χ1) is 12.7. The van der Waals surface area contributed by atoms with Crippen molar-refractivity contribution in [3.63, 3.8) is 0 Å². The van der Waals surface area contributed by atoms with Crippen molar-refractivity contribution in [1.29, 1.82) is 0 Å². The molecule has 146 valence electrons. The largest absolute Gasteiger partial charge is 0.436 e. The van der Waals surface area contributed by atoms with E-state index in [2.05, 4.69) is 10.00 Å².